The number of benzene rings is 1. The second kappa shape index (κ2) is 9.68. The molecule has 1 aliphatic rings. The average Bonchev–Trinajstić information content (AvgIpc) is 2.64. The van der Waals surface area contributed by atoms with Crippen LogP contribution in [0.1, 0.15) is 45.1 Å². The molecular weight excluding hydrogens is 312 g/mol. The van der Waals surface area contributed by atoms with Crippen LogP contribution >= 0.6 is 0 Å². The molecule has 4 nitrogen and oxygen atoms in total. The van der Waals surface area contributed by atoms with Crippen molar-refractivity contribution in [2.45, 2.75) is 52.0 Å². The Balaban J connectivity index is 1.98. The van der Waals surface area contributed by atoms with Crippen molar-refractivity contribution in [2.24, 2.45) is 17.8 Å². The van der Waals surface area contributed by atoms with Crippen LogP contribution in [0.5, 0.6) is 11.5 Å². The van der Waals surface area contributed by atoms with Gasteiger partial charge in [0, 0.05) is 12.0 Å². The minimum Gasteiger partial charge on any atom is -0.493 e. The molecule has 1 saturated heterocycles. The molecule has 0 amide bonds. The van der Waals surface area contributed by atoms with Crippen LogP contribution in [0.4, 0.5) is 0 Å². The second-order valence-corrected chi connectivity index (χ2v) is 7.41. The molecule has 1 aromatic rings. The third-order valence-corrected chi connectivity index (χ3v) is 5.45. The van der Waals surface area contributed by atoms with Crippen LogP contribution in [0.25, 0.3) is 0 Å². The second-order valence-electron chi connectivity index (χ2n) is 7.41. The Morgan fingerprint density at radius 1 is 1.24 bits per heavy atom. The fraction of sp³-hybridized carbons (Fsp3) is 0.667. The van der Waals surface area contributed by atoms with E-state index in [0.29, 0.717) is 17.9 Å². The maximum atomic E-state index is 9.43. The average molecular weight is 344 g/mol. The standard InChI is InChI=1S/C21H32N2O2/c1-15(2)18(14-22)13-17-6-5-11-23-19(17)9-7-16-8-10-20(24-3)21(12-16)25-4/h8,10,12,15,17-19,23H,5-7,9,11,13H2,1-4H3. The van der Waals surface area contributed by atoms with Gasteiger partial charge in [0.15, 0.2) is 11.5 Å². The molecule has 1 fully saturated rings. The molecule has 1 aromatic carbocycles. The molecule has 0 aromatic heterocycles. The summed E-state index contributed by atoms with van der Waals surface area (Å²) in [6.07, 6.45) is 5.56. The van der Waals surface area contributed by atoms with Gasteiger partial charge in [0.1, 0.15) is 0 Å². The summed E-state index contributed by atoms with van der Waals surface area (Å²) in [5.41, 5.74) is 1.27. The van der Waals surface area contributed by atoms with Crippen LogP contribution in [0.3, 0.4) is 0 Å². The number of rotatable bonds is 8. The molecule has 0 radical (unpaired) electrons. The molecule has 0 bridgehead atoms. The molecule has 1 N–H and O–H groups in total. The Hall–Kier alpha value is -1.73. The zero-order valence-electron chi connectivity index (χ0n) is 16.0. The summed E-state index contributed by atoms with van der Waals surface area (Å²) < 4.78 is 10.7. The van der Waals surface area contributed by atoms with Gasteiger partial charge in [-0.1, -0.05) is 19.9 Å². The number of nitrogens with one attached hydrogen (secondary N) is 1. The Labute approximate surface area is 152 Å². The van der Waals surface area contributed by atoms with E-state index in [9.17, 15) is 5.26 Å². The van der Waals surface area contributed by atoms with Gasteiger partial charge >= 0.3 is 0 Å². The minimum absolute atomic E-state index is 0.161. The molecule has 138 valence electrons. The Bertz CT molecular complexity index is 580. The van der Waals surface area contributed by atoms with E-state index in [1.54, 1.807) is 14.2 Å². The van der Waals surface area contributed by atoms with Gasteiger partial charge in [0.05, 0.1) is 20.3 Å². The molecule has 25 heavy (non-hydrogen) atoms. The number of aryl methyl sites for hydroxylation is 1. The third kappa shape index (κ3) is 5.37. The lowest BCUT2D eigenvalue weighted by Crippen LogP contribution is -2.42. The first-order valence-corrected chi connectivity index (χ1v) is 9.43. The minimum atomic E-state index is 0.161. The van der Waals surface area contributed by atoms with E-state index in [-0.39, 0.29) is 5.92 Å². The molecule has 1 heterocycles. The number of ether oxygens (including phenoxy) is 2. The Morgan fingerprint density at radius 2 is 2.00 bits per heavy atom. The zero-order chi connectivity index (χ0) is 18.2. The van der Waals surface area contributed by atoms with Crippen molar-refractivity contribution in [2.75, 3.05) is 20.8 Å². The van der Waals surface area contributed by atoms with Crippen molar-refractivity contribution in [3.05, 3.63) is 23.8 Å². The lowest BCUT2D eigenvalue weighted by atomic mass is 9.78. The molecule has 4 heteroatoms. The summed E-state index contributed by atoms with van der Waals surface area (Å²) in [5, 5.41) is 13.1. The Morgan fingerprint density at radius 3 is 2.64 bits per heavy atom. The molecule has 3 atom stereocenters. The maximum Gasteiger partial charge on any atom is 0.160 e. The fourth-order valence-corrected chi connectivity index (χ4v) is 3.80. The van der Waals surface area contributed by atoms with Crippen molar-refractivity contribution in [1.29, 1.82) is 5.26 Å². The van der Waals surface area contributed by atoms with Crippen molar-refractivity contribution in [1.82, 2.24) is 5.32 Å². The monoisotopic (exact) mass is 344 g/mol. The number of hydrogen-bond donors (Lipinski definition) is 1. The molecule has 0 aliphatic carbocycles. The molecule has 2 rings (SSSR count). The topological polar surface area (TPSA) is 54.3 Å². The first-order chi connectivity index (χ1) is 12.1. The van der Waals surface area contributed by atoms with E-state index in [1.165, 1.54) is 18.4 Å². The lowest BCUT2D eigenvalue weighted by Gasteiger charge is -2.34. The summed E-state index contributed by atoms with van der Waals surface area (Å²) in [7, 11) is 3.34. The van der Waals surface area contributed by atoms with Gasteiger partial charge in [-0.15, -0.1) is 0 Å². The van der Waals surface area contributed by atoms with Gasteiger partial charge in [0.2, 0.25) is 0 Å². The van der Waals surface area contributed by atoms with E-state index in [4.69, 9.17) is 9.47 Å². The van der Waals surface area contributed by atoms with Crippen LogP contribution in [0.2, 0.25) is 0 Å². The highest BCUT2D eigenvalue weighted by Crippen LogP contribution is 2.31. The predicted molar refractivity (Wildman–Crippen MR) is 101 cm³/mol. The Kier molecular flexibility index (Phi) is 7.58. The molecule has 0 saturated carbocycles. The van der Waals surface area contributed by atoms with E-state index < -0.39 is 0 Å². The van der Waals surface area contributed by atoms with E-state index in [0.717, 1.165) is 37.3 Å². The molecule has 1 aliphatic heterocycles. The van der Waals surface area contributed by atoms with Crippen LogP contribution < -0.4 is 14.8 Å². The van der Waals surface area contributed by atoms with Gasteiger partial charge in [0.25, 0.3) is 0 Å². The molecular formula is C21H32N2O2. The van der Waals surface area contributed by atoms with Crippen molar-refractivity contribution >= 4 is 0 Å². The van der Waals surface area contributed by atoms with Gasteiger partial charge in [-0.3, -0.25) is 0 Å². The van der Waals surface area contributed by atoms with Crippen LogP contribution in [0.15, 0.2) is 18.2 Å². The third-order valence-electron chi connectivity index (χ3n) is 5.45. The first-order valence-electron chi connectivity index (χ1n) is 9.43. The fourth-order valence-electron chi connectivity index (χ4n) is 3.80. The number of piperidine rings is 1. The highest BCUT2D eigenvalue weighted by molar-refractivity contribution is 5.42. The highest BCUT2D eigenvalue weighted by atomic mass is 16.5. The van der Waals surface area contributed by atoms with Crippen LogP contribution in [-0.2, 0) is 6.42 Å². The summed E-state index contributed by atoms with van der Waals surface area (Å²) >= 11 is 0. The number of methoxy groups -OCH3 is 2. The number of nitriles is 1. The van der Waals surface area contributed by atoms with E-state index in [2.05, 4.69) is 37.4 Å². The summed E-state index contributed by atoms with van der Waals surface area (Å²) in [6.45, 7) is 5.40. The number of nitrogens with zero attached hydrogens (tertiary/aromatic N) is 1. The van der Waals surface area contributed by atoms with Crippen molar-refractivity contribution in [3.8, 4) is 17.6 Å². The van der Waals surface area contributed by atoms with E-state index in [1.807, 2.05) is 6.07 Å². The lowest BCUT2D eigenvalue weighted by molar-refractivity contribution is 0.221. The zero-order valence-corrected chi connectivity index (χ0v) is 16.0. The maximum absolute atomic E-state index is 9.43. The predicted octanol–water partition coefficient (Wildman–Crippen LogP) is 4.19. The van der Waals surface area contributed by atoms with Crippen molar-refractivity contribution in [3.63, 3.8) is 0 Å². The SMILES string of the molecule is COc1ccc(CCC2NCCCC2CC(C#N)C(C)C)cc1OC. The van der Waals surface area contributed by atoms with Gasteiger partial charge in [-0.25, -0.2) is 0 Å². The normalized spacial score (nSPS) is 21.6. The number of hydrogen-bond acceptors (Lipinski definition) is 4. The van der Waals surface area contributed by atoms with Crippen LogP contribution in [0, 0.1) is 29.1 Å². The molecule has 0 spiro atoms. The summed E-state index contributed by atoms with van der Waals surface area (Å²) in [5.74, 6) is 2.75. The van der Waals surface area contributed by atoms with Gasteiger partial charge < -0.3 is 14.8 Å². The van der Waals surface area contributed by atoms with E-state index >= 15 is 0 Å². The van der Waals surface area contributed by atoms with Crippen LogP contribution in [-0.4, -0.2) is 26.8 Å². The largest absolute Gasteiger partial charge is 0.493 e. The quantitative estimate of drug-likeness (QED) is 0.768. The highest BCUT2D eigenvalue weighted by Gasteiger charge is 2.28. The summed E-state index contributed by atoms with van der Waals surface area (Å²) in [4.78, 5) is 0. The first kappa shape index (κ1) is 19.6. The van der Waals surface area contributed by atoms with Gasteiger partial charge in [-0.2, -0.15) is 5.26 Å². The molecule has 3 unspecified atom stereocenters. The van der Waals surface area contributed by atoms with Crippen molar-refractivity contribution < 1.29 is 9.47 Å². The summed E-state index contributed by atoms with van der Waals surface area (Å²) in [6, 6.07) is 9.17. The smallest absolute Gasteiger partial charge is 0.160 e. The van der Waals surface area contributed by atoms with Gasteiger partial charge in [-0.05, 0) is 68.2 Å².